The fraction of sp³-hybridized carbons (Fsp3) is 0.778. The zero-order valence-electron chi connectivity index (χ0n) is 12.9. The molecule has 0 unspecified atom stereocenters. The first-order chi connectivity index (χ1) is 9.95. The summed E-state index contributed by atoms with van der Waals surface area (Å²) in [6, 6.07) is 0. The van der Waals surface area contributed by atoms with Gasteiger partial charge >= 0.3 is 0 Å². The SMILES string of the molecule is C(COCCOCC=C1CCCCC1)=C1CCCCC1. The molecule has 0 atom stereocenters. The molecule has 0 saturated heterocycles. The van der Waals surface area contributed by atoms with Gasteiger partial charge in [0.15, 0.2) is 0 Å². The fourth-order valence-electron chi connectivity index (χ4n) is 3.06. The zero-order chi connectivity index (χ0) is 13.9. The number of ether oxygens (including phenoxy) is 2. The molecule has 0 heterocycles. The molecule has 2 saturated carbocycles. The van der Waals surface area contributed by atoms with E-state index in [1.807, 2.05) is 0 Å². The highest BCUT2D eigenvalue weighted by atomic mass is 16.5. The summed E-state index contributed by atoms with van der Waals surface area (Å²) in [6.45, 7) is 2.96. The summed E-state index contributed by atoms with van der Waals surface area (Å²) in [5.41, 5.74) is 3.19. The van der Waals surface area contributed by atoms with Crippen molar-refractivity contribution in [3.63, 3.8) is 0 Å². The molecule has 2 heteroatoms. The van der Waals surface area contributed by atoms with Crippen LogP contribution in [-0.2, 0) is 9.47 Å². The molecule has 2 nitrogen and oxygen atoms in total. The molecule has 0 bridgehead atoms. The average Bonchev–Trinajstić information content (AvgIpc) is 2.52. The monoisotopic (exact) mass is 278 g/mol. The smallest absolute Gasteiger partial charge is 0.0704 e. The van der Waals surface area contributed by atoms with Gasteiger partial charge in [0.05, 0.1) is 26.4 Å². The lowest BCUT2D eigenvalue weighted by atomic mass is 9.95. The van der Waals surface area contributed by atoms with Crippen molar-refractivity contribution in [1.29, 1.82) is 0 Å². The van der Waals surface area contributed by atoms with Gasteiger partial charge in [0.25, 0.3) is 0 Å². The van der Waals surface area contributed by atoms with Gasteiger partial charge in [-0.3, -0.25) is 0 Å². The van der Waals surface area contributed by atoms with E-state index in [9.17, 15) is 0 Å². The minimum Gasteiger partial charge on any atom is -0.375 e. The summed E-state index contributed by atoms with van der Waals surface area (Å²) in [5, 5.41) is 0. The third-order valence-electron chi connectivity index (χ3n) is 4.34. The maximum atomic E-state index is 5.61. The highest BCUT2D eigenvalue weighted by molar-refractivity contribution is 5.04. The van der Waals surface area contributed by atoms with E-state index in [1.165, 1.54) is 64.2 Å². The predicted octanol–water partition coefficient (Wildman–Crippen LogP) is 4.80. The van der Waals surface area contributed by atoms with Crippen molar-refractivity contribution in [3.8, 4) is 0 Å². The Hall–Kier alpha value is -0.600. The van der Waals surface area contributed by atoms with Gasteiger partial charge in [0.1, 0.15) is 0 Å². The van der Waals surface area contributed by atoms with Crippen molar-refractivity contribution < 1.29 is 9.47 Å². The van der Waals surface area contributed by atoms with Crippen LogP contribution in [0.1, 0.15) is 64.2 Å². The Balaban J connectivity index is 1.43. The first-order valence-corrected chi connectivity index (χ1v) is 8.46. The van der Waals surface area contributed by atoms with Gasteiger partial charge in [0, 0.05) is 0 Å². The lowest BCUT2D eigenvalue weighted by Crippen LogP contribution is -2.06. The van der Waals surface area contributed by atoms with Crippen LogP contribution in [0.25, 0.3) is 0 Å². The van der Waals surface area contributed by atoms with E-state index in [0.29, 0.717) is 13.2 Å². The van der Waals surface area contributed by atoms with Gasteiger partial charge in [-0.2, -0.15) is 0 Å². The molecule has 0 N–H and O–H groups in total. The molecule has 0 amide bonds. The Labute approximate surface area is 124 Å². The molecule has 0 radical (unpaired) electrons. The Kier molecular flexibility index (Phi) is 8.03. The quantitative estimate of drug-likeness (QED) is 0.492. The lowest BCUT2D eigenvalue weighted by molar-refractivity contribution is 0.0703. The first-order valence-electron chi connectivity index (χ1n) is 8.46. The van der Waals surface area contributed by atoms with E-state index < -0.39 is 0 Å². The van der Waals surface area contributed by atoms with Gasteiger partial charge in [-0.1, -0.05) is 36.1 Å². The van der Waals surface area contributed by atoms with Crippen LogP contribution in [0.2, 0.25) is 0 Å². The van der Waals surface area contributed by atoms with Crippen molar-refractivity contribution in [2.24, 2.45) is 0 Å². The normalized spacial score (nSPS) is 20.0. The molecule has 0 aliphatic heterocycles. The fourth-order valence-corrected chi connectivity index (χ4v) is 3.06. The van der Waals surface area contributed by atoms with Crippen molar-refractivity contribution in [1.82, 2.24) is 0 Å². The van der Waals surface area contributed by atoms with Gasteiger partial charge < -0.3 is 9.47 Å². The minimum atomic E-state index is 0.715. The Morgan fingerprint density at radius 1 is 0.600 bits per heavy atom. The van der Waals surface area contributed by atoms with Crippen LogP contribution in [0.15, 0.2) is 23.3 Å². The lowest BCUT2D eigenvalue weighted by Gasteiger charge is -2.13. The minimum absolute atomic E-state index is 0.715. The maximum Gasteiger partial charge on any atom is 0.0704 e. The van der Waals surface area contributed by atoms with Gasteiger partial charge in [-0.05, 0) is 51.4 Å². The van der Waals surface area contributed by atoms with Crippen LogP contribution in [0, 0.1) is 0 Å². The first kappa shape index (κ1) is 15.8. The van der Waals surface area contributed by atoms with E-state index in [0.717, 1.165) is 13.2 Å². The van der Waals surface area contributed by atoms with E-state index >= 15 is 0 Å². The zero-order valence-corrected chi connectivity index (χ0v) is 12.9. The summed E-state index contributed by atoms with van der Waals surface area (Å²) in [4.78, 5) is 0. The second-order valence-corrected chi connectivity index (χ2v) is 6.00. The highest BCUT2D eigenvalue weighted by Crippen LogP contribution is 2.23. The summed E-state index contributed by atoms with van der Waals surface area (Å²) < 4.78 is 11.2. The molecular weight excluding hydrogens is 248 g/mol. The molecule has 2 aliphatic rings. The van der Waals surface area contributed by atoms with Gasteiger partial charge in [-0.15, -0.1) is 0 Å². The summed E-state index contributed by atoms with van der Waals surface area (Å²) >= 11 is 0. The van der Waals surface area contributed by atoms with Crippen LogP contribution in [0.5, 0.6) is 0 Å². The van der Waals surface area contributed by atoms with Crippen LogP contribution in [0.3, 0.4) is 0 Å². The maximum absolute atomic E-state index is 5.61. The van der Waals surface area contributed by atoms with Crippen molar-refractivity contribution in [3.05, 3.63) is 23.3 Å². The molecule has 0 aromatic heterocycles. The van der Waals surface area contributed by atoms with E-state index in [4.69, 9.17) is 9.47 Å². The Morgan fingerprint density at radius 2 is 1.00 bits per heavy atom. The molecule has 0 aromatic rings. The molecule has 2 rings (SSSR count). The molecular formula is C18H30O2. The second kappa shape index (κ2) is 10.2. The summed E-state index contributed by atoms with van der Waals surface area (Å²) in [5.74, 6) is 0. The van der Waals surface area contributed by atoms with Crippen LogP contribution < -0.4 is 0 Å². The Bertz CT molecular complexity index is 269. The third kappa shape index (κ3) is 6.71. The Morgan fingerprint density at radius 3 is 1.40 bits per heavy atom. The van der Waals surface area contributed by atoms with Crippen molar-refractivity contribution >= 4 is 0 Å². The molecule has 0 aromatic carbocycles. The predicted molar refractivity (Wildman–Crippen MR) is 84.0 cm³/mol. The summed E-state index contributed by atoms with van der Waals surface area (Å²) in [6.07, 6.45) is 18.0. The summed E-state index contributed by atoms with van der Waals surface area (Å²) in [7, 11) is 0. The highest BCUT2D eigenvalue weighted by Gasteiger charge is 2.05. The molecule has 20 heavy (non-hydrogen) atoms. The number of hydrogen-bond donors (Lipinski definition) is 0. The largest absolute Gasteiger partial charge is 0.375 e. The second-order valence-electron chi connectivity index (χ2n) is 6.00. The molecule has 2 fully saturated rings. The molecule has 0 spiro atoms. The van der Waals surface area contributed by atoms with E-state index in [2.05, 4.69) is 12.2 Å². The number of allylic oxidation sites excluding steroid dienone is 2. The van der Waals surface area contributed by atoms with Crippen LogP contribution in [-0.4, -0.2) is 26.4 Å². The standard InChI is InChI=1S/C18H30O2/c1-3-7-17(8-4-1)11-13-19-15-16-20-14-12-18-9-5-2-6-10-18/h11-12H,1-10,13-16H2. The average molecular weight is 278 g/mol. The number of rotatable bonds is 7. The van der Waals surface area contributed by atoms with Gasteiger partial charge in [0.2, 0.25) is 0 Å². The van der Waals surface area contributed by atoms with Crippen LogP contribution >= 0.6 is 0 Å². The molecule has 114 valence electrons. The van der Waals surface area contributed by atoms with Gasteiger partial charge in [-0.25, -0.2) is 0 Å². The van der Waals surface area contributed by atoms with Crippen molar-refractivity contribution in [2.45, 2.75) is 64.2 Å². The molecule has 2 aliphatic carbocycles. The van der Waals surface area contributed by atoms with E-state index in [1.54, 1.807) is 11.1 Å². The number of hydrogen-bond acceptors (Lipinski definition) is 2. The van der Waals surface area contributed by atoms with Crippen LogP contribution in [0.4, 0.5) is 0 Å². The van der Waals surface area contributed by atoms with Crippen molar-refractivity contribution in [2.75, 3.05) is 26.4 Å². The topological polar surface area (TPSA) is 18.5 Å². The third-order valence-corrected chi connectivity index (χ3v) is 4.34. The van der Waals surface area contributed by atoms with E-state index in [-0.39, 0.29) is 0 Å².